The van der Waals surface area contributed by atoms with Crippen LogP contribution in [-0.4, -0.2) is 85.6 Å². The van der Waals surface area contributed by atoms with Gasteiger partial charge in [-0.15, -0.1) is 0 Å². The fraction of sp³-hybridized carbons (Fsp3) is 1.00. The summed E-state index contributed by atoms with van der Waals surface area (Å²) in [5, 5.41) is 0. The van der Waals surface area contributed by atoms with Crippen LogP contribution in [0.25, 0.3) is 0 Å². The molecule has 0 bridgehead atoms. The highest BCUT2D eigenvalue weighted by Gasteiger charge is 2.46. The molecule has 0 radical (unpaired) electrons. The van der Waals surface area contributed by atoms with Crippen molar-refractivity contribution in [1.29, 1.82) is 0 Å². The molecule has 0 aliphatic carbocycles. The van der Waals surface area contributed by atoms with Crippen LogP contribution >= 0.6 is 0 Å². The monoisotopic (exact) mass is 662 g/mol. The lowest BCUT2D eigenvalue weighted by Gasteiger charge is -2.36. The van der Waals surface area contributed by atoms with Crippen molar-refractivity contribution in [2.45, 2.75) is 63.5 Å². The lowest BCUT2D eigenvalue weighted by Crippen LogP contribution is -2.49. The molecule has 0 amide bonds. The minimum absolute atomic E-state index is 0.0227. The van der Waals surface area contributed by atoms with Gasteiger partial charge in [0.05, 0.1) is 0 Å². The highest BCUT2D eigenvalue weighted by molar-refractivity contribution is 7.84. The number of hydrogen-bond acceptors (Lipinski definition) is 13. The van der Waals surface area contributed by atoms with Gasteiger partial charge in [-0.2, -0.15) is 33.7 Å². The smallest absolute Gasteiger partial charge is 0.389 e. The summed E-state index contributed by atoms with van der Waals surface area (Å²) in [5.74, 6) is 0. The van der Waals surface area contributed by atoms with Crippen LogP contribution in [0.5, 0.6) is 0 Å². The first-order valence-electron chi connectivity index (χ1n) is 9.37. The molecule has 0 heterocycles. The summed E-state index contributed by atoms with van der Waals surface area (Å²) in [7, 11) is -34.6. The van der Waals surface area contributed by atoms with Gasteiger partial charge in [-0.1, -0.05) is 0 Å². The van der Waals surface area contributed by atoms with E-state index in [1.54, 1.807) is 26.2 Å². The molecule has 35 heavy (non-hydrogen) atoms. The molecule has 0 fully saturated rings. The Morgan fingerprint density at radius 1 is 0.457 bits per heavy atom. The number of rotatable bonds is 16. The minimum Gasteiger partial charge on any atom is -0.456 e. The van der Waals surface area contributed by atoms with Crippen molar-refractivity contribution in [3.05, 3.63) is 0 Å². The van der Waals surface area contributed by atoms with E-state index in [0.29, 0.717) is 0 Å². The molecule has 0 spiro atoms. The zero-order chi connectivity index (χ0) is 28.4. The van der Waals surface area contributed by atoms with Gasteiger partial charge in [-0.05, 0) is 63.5 Å². The average Bonchev–Trinajstić information content (AvgIpc) is 2.43. The molecule has 0 unspecified atom stereocenters. The Balaban J connectivity index is 5.56. The normalized spacial score (nSPS) is 15.4. The van der Waals surface area contributed by atoms with Gasteiger partial charge in [0.2, 0.25) is 0 Å². The third kappa shape index (κ3) is 18.2. The van der Waals surface area contributed by atoms with Crippen molar-refractivity contribution < 1.29 is 71.5 Å². The van der Waals surface area contributed by atoms with E-state index in [0.717, 1.165) is 13.1 Å². The largest absolute Gasteiger partial charge is 0.456 e. The first kappa shape index (κ1) is 35.3. The fourth-order valence-corrected chi connectivity index (χ4v) is 27.4. The molecule has 0 aliphatic rings. The molecule has 4 N–H and O–H groups in total. The maximum atomic E-state index is 11.1. The summed E-state index contributed by atoms with van der Waals surface area (Å²) in [6.45, 7) is 8.62. The molecule has 0 aliphatic heterocycles. The Hall–Kier alpha value is 0.308. The maximum absolute atomic E-state index is 11.1. The molecule has 0 saturated heterocycles. The molecule has 0 saturated carbocycles. The standard InChI is InChI=1S/C10H30O17S4Si4/c1-32(2,7-9-34(5,23-28(11,12)13)24-29(14,15)16)27-33(3,4)8-10-35(6,25-30(17,18)19)26-31(20,21)22/h7-10H2,1-6H3,(H,11,12,13)(H,14,15,16)(H,17,18,19)(H,20,21,22). The highest BCUT2D eigenvalue weighted by Crippen LogP contribution is 2.31. The van der Waals surface area contributed by atoms with Gasteiger partial charge in [0, 0.05) is 0 Å². The second-order valence-corrected chi connectivity index (χ2v) is 29.4. The van der Waals surface area contributed by atoms with Gasteiger partial charge in [-0.3, -0.25) is 33.7 Å². The Morgan fingerprint density at radius 2 is 0.657 bits per heavy atom. The summed E-state index contributed by atoms with van der Waals surface area (Å²) in [6, 6.07) is -0.648. The van der Waals surface area contributed by atoms with Crippen LogP contribution in [0.2, 0.25) is 63.5 Å². The van der Waals surface area contributed by atoms with Crippen molar-refractivity contribution in [3.63, 3.8) is 0 Å². The lowest BCUT2D eigenvalue weighted by molar-refractivity contribution is 0.308. The predicted molar refractivity (Wildman–Crippen MR) is 129 cm³/mol. The van der Waals surface area contributed by atoms with Gasteiger partial charge < -0.3 is 4.12 Å². The molecule has 0 aromatic rings. The Morgan fingerprint density at radius 3 is 0.829 bits per heavy atom. The predicted octanol–water partition coefficient (Wildman–Crippen LogP) is 0.835. The Kier molecular flexibility index (Phi) is 11.7. The van der Waals surface area contributed by atoms with Crippen molar-refractivity contribution in [2.24, 2.45) is 0 Å². The van der Waals surface area contributed by atoms with E-state index in [2.05, 4.69) is 15.5 Å². The average molecular weight is 663 g/mol. The maximum Gasteiger partial charge on any atom is 0.389 e. The third-order valence-electron chi connectivity index (χ3n) is 4.04. The Labute approximate surface area is 209 Å². The van der Waals surface area contributed by atoms with Crippen LogP contribution < -0.4 is 0 Å². The lowest BCUT2D eigenvalue weighted by atomic mass is 10.9. The van der Waals surface area contributed by atoms with Crippen molar-refractivity contribution in [3.8, 4) is 0 Å². The van der Waals surface area contributed by atoms with Crippen LogP contribution in [0.4, 0.5) is 0 Å². The van der Waals surface area contributed by atoms with Crippen LogP contribution in [0.1, 0.15) is 0 Å². The quantitative estimate of drug-likeness (QED) is 0.132. The SMILES string of the molecule is C[Si](C)(CC[Si](C)(OS(=O)(=O)O)OS(=O)(=O)O)O[Si](C)(C)CC[Si](C)(OS(=O)(=O)O)OS(=O)(=O)O. The second kappa shape index (κ2) is 11.6. The third-order valence-corrected chi connectivity index (χ3v) is 23.7. The van der Waals surface area contributed by atoms with Crippen LogP contribution in [-0.2, 0) is 61.2 Å². The molecule has 0 aromatic carbocycles. The molecular weight excluding hydrogens is 633 g/mol. The minimum atomic E-state index is -5.13. The summed E-state index contributed by atoms with van der Waals surface area (Å²) in [6.07, 6.45) is 0. The van der Waals surface area contributed by atoms with Gasteiger partial charge in [0.15, 0.2) is 16.6 Å². The molecule has 212 valence electrons. The van der Waals surface area contributed by atoms with E-state index < -0.39 is 75.4 Å². The van der Waals surface area contributed by atoms with Crippen molar-refractivity contribution in [1.82, 2.24) is 0 Å². The zero-order valence-electron chi connectivity index (χ0n) is 19.6. The van der Waals surface area contributed by atoms with E-state index >= 15 is 0 Å². The summed E-state index contributed by atoms with van der Waals surface area (Å²) in [5.41, 5.74) is 0. The van der Waals surface area contributed by atoms with E-state index in [1.807, 2.05) is 0 Å². The van der Waals surface area contributed by atoms with Crippen LogP contribution in [0, 0.1) is 0 Å². The second-order valence-electron chi connectivity index (χ2n) is 8.93. The molecule has 25 heteroatoms. The molecule has 0 rings (SSSR count). The summed E-state index contributed by atoms with van der Waals surface area (Å²) < 4.78 is 149. The van der Waals surface area contributed by atoms with E-state index in [1.165, 1.54) is 0 Å². The molecule has 17 nitrogen and oxygen atoms in total. The summed E-state index contributed by atoms with van der Waals surface area (Å²) >= 11 is 0. The summed E-state index contributed by atoms with van der Waals surface area (Å²) in [4.78, 5) is 0. The highest BCUT2D eigenvalue weighted by atomic mass is 32.3. The van der Waals surface area contributed by atoms with E-state index in [9.17, 15) is 33.7 Å². The molecule has 0 atom stereocenters. The van der Waals surface area contributed by atoms with Crippen LogP contribution in [0.15, 0.2) is 0 Å². The van der Waals surface area contributed by atoms with Gasteiger partial charge in [0.25, 0.3) is 0 Å². The van der Waals surface area contributed by atoms with Crippen molar-refractivity contribution >= 4 is 75.4 Å². The van der Waals surface area contributed by atoms with Crippen LogP contribution in [0.3, 0.4) is 0 Å². The van der Waals surface area contributed by atoms with Gasteiger partial charge in [0.1, 0.15) is 0 Å². The molecular formula is C10H30O17S4Si4. The topological polar surface area (TPSA) is 264 Å². The Bertz CT molecular complexity index is 1000. The number of hydrogen-bond donors (Lipinski definition) is 4. The van der Waals surface area contributed by atoms with Crippen molar-refractivity contribution in [2.75, 3.05) is 0 Å². The van der Waals surface area contributed by atoms with E-state index in [-0.39, 0.29) is 24.2 Å². The van der Waals surface area contributed by atoms with E-state index in [4.69, 9.17) is 22.3 Å². The fourth-order valence-electron chi connectivity index (χ4n) is 2.99. The first-order valence-corrected chi connectivity index (χ1v) is 26.1. The first-order chi connectivity index (χ1) is 14.9. The molecule has 0 aromatic heterocycles. The van der Waals surface area contributed by atoms with Gasteiger partial charge in [-0.25, -0.2) is 0 Å². The van der Waals surface area contributed by atoms with Gasteiger partial charge >= 0.3 is 58.7 Å². The zero-order valence-corrected chi connectivity index (χ0v) is 26.8.